The highest BCUT2D eigenvalue weighted by Gasteiger charge is 2.30. The lowest BCUT2D eigenvalue weighted by molar-refractivity contribution is -0.119. The van der Waals surface area contributed by atoms with Crippen LogP contribution in [0.5, 0.6) is 11.5 Å². The van der Waals surface area contributed by atoms with Crippen LogP contribution in [0.4, 0.5) is 5.69 Å². The molecule has 196 valence electrons. The van der Waals surface area contributed by atoms with Gasteiger partial charge in [-0.25, -0.2) is 13.8 Å². The first-order valence-corrected chi connectivity index (χ1v) is 13.1. The number of nitrogens with zero attached hydrogens (tertiary/aromatic N) is 2. The summed E-state index contributed by atoms with van der Waals surface area (Å²) in [5.74, 6) is 0.0683. The average molecular weight is 524 g/mol. The van der Waals surface area contributed by atoms with E-state index in [-0.39, 0.29) is 21.7 Å². The van der Waals surface area contributed by atoms with Gasteiger partial charge in [-0.2, -0.15) is 5.10 Å². The molecule has 0 heterocycles. The number of hydrazone groups is 1. The Balaban J connectivity index is 1.91. The number of anilines is 1. The van der Waals surface area contributed by atoms with Crippen LogP contribution in [0.3, 0.4) is 0 Å². The second-order valence-corrected chi connectivity index (χ2v) is 11.3. The lowest BCUT2D eigenvalue weighted by Gasteiger charge is -2.25. The van der Waals surface area contributed by atoms with Crippen LogP contribution in [0.1, 0.15) is 38.8 Å². The topological polar surface area (TPSA) is 97.3 Å². The van der Waals surface area contributed by atoms with Crippen LogP contribution < -0.4 is 19.2 Å². The van der Waals surface area contributed by atoms with Gasteiger partial charge in [-0.15, -0.1) is 0 Å². The van der Waals surface area contributed by atoms with Crippen molar-refractivity contribution in [3.05, 3.63) is 83.9 Å². The average Bonchev–Trinajstić information content (AvgIpc) is 2.90. The van der Waals surface area contributed by atoms with Gasteiger partial charge in [0, 0.05) is 6.07 Å². The number of amides is 1. The van der Waals surface area contributed by atoms with Crippen molar-refractivity contribution in [2.45, 2.75) is 38.0 Å². The van der Waals surface area contributed by atoms with Crippen molar-refractivity contribution in [1.82, 2.24) is 5.43 Å². The zero-order valence-electron chi connectivity index (χ0n) is 22.0. The Morgan fingerprint density at radius 2 is 1.59 bits per heavy atom. The molecule has 0 saturated carbocycles. The maximum absolute atomic E-state index is 13.6. The summed E-state index contributed by atoms with van der Waals surface area (Å²) in [5, 5.41) is 4.20. The molecule has 0 atom stereocenters. The summed E-state index contributed by atoms with van der Waals surface area (Å²) in [6.07, 6.45) is 0. The van der Waals surface area contributed by atoms with Gasteiger partial charge in [-0.1, -0.05) is 63.2 Å². The second-order valence-electron chi connectivity index (χ2n) is 9.42. The van der Waals surface area contributed by atoms with E-state index in [0.717, 1.165) is 9.87 Å². The fraction of sp³-hybridized carbons (Fsp3) is 0.286. The summed E-state index contributed by atoms with van der Waals surface area (Å²) in [6, 6.07) is 20.6. The molecule has 9 heteroatoms. The maximum Gasteiger partial charge on any atom is 0.264 e. The van der Waals surface area contributed by atoms with Crippen LogP contribution in [0.2, 0.25) is 0 Å². The van der Waals surface area contributed by atoms with Gasteiger partial charge in [0.2, 0.25) is 0 Å². The van der Waals surface area contributed by atoms with Gasteiger partial charge in [-0.05, 0) is 47.7 Å². The van der Waals surface area contributed by atoms with Crippen molar-refractivity contribution in [2.75, 3.05) is 25.1 Å². The van der Waals surface area contributed by atoms with Crippen molar-refractivity contribution >= 4 is 27.3 Å². The SMILES string of the molecule is COc1ccc(OC)c(N(CC(=O)N/N=C(/C)c2ccc(C(C)(C)C)cc2)S(=O)(=O)c2ccccc2)c1. The van der Waals surface area contributed by atoms with Gasteiger partial charge >= 0.3 is 0 Å². The molecule has 0 saturated heterocycles. The van der Waals surface area contributed by atoms with Crippen molar-refractivity contribution in [1.29, 1.82) is 0 Å². The number of hydrogen-bond donors (Lipinski definition) is 1. The summed E-state index contributed by atoms with van der Waals surface area (Å²) < 4.78 is 38.9. The van der Waals surface area contributed by atoms with Crippen LogP contribution in [-0.2, 0) is 20.2 Å². The Labute approximate surface area is 219 Å². The molecule has 0 aromatic heterocycles. The fourth-order valence-corrected chi connectivity index (χ4v) is 5.04. The largest absolute Gasteiger partial charge is 0.497 e. The van der Waals surface area contributed by atoms with E-state index in [1.807, 2.05) is 24.3 Å². The minimum absolute atomic E-state index is 0.0205. The zero-order valence-corrected chi connectivity index (χ0v) is 22.8. The molecule has 8 nitrogen and oxygen atoms in total. The lowest BCUT2D eigenvalue weighted by atomic mass is 9.86. The molecule has 3 rings (SSSR count). The molecule has 0 radical (unpaired) electrons. The Morgan fingerprint density at radius 3 is 2.16 bits per heavy atom. The molecule has 1 N–H and O–H groups in total. The van der Waals surface area contributed by atoms with Crippen molar-refractivity contribution < 1.29 is 22.7 Å². The van der Waals surface area contributed by atoms with E-state index in [2.05, 4.69) is 31.3 Å². The van der Waals surface area contributed by atoms with Crippen molar-refractivity contribution in [3.8, 4) is 11.5 Å². The van der Waals surface area contributed by atoms with E-state index in [1.165, 1.54) is 38.0 Å². The first kappa shape index (κ1) is 27.7. The third-order valence-electron chi connectivity index (χ3n) is 5.79. The molecular formula is C28H33N3O5S. The van der Waals surface area contributed by atoms with Crippen molar-refractivity contribution in [3.63, 3.8) is 0 Å². The smallest absolute Gasteiger partial charge is 0.264 e. The molecule has 3 aromatic carbocycles. The Kier molecular flexibility index (Phi) is 8.60. The van der Waals surface area contributed by atoms with E-state index in [1.54, 1.807) is 37.3 Å². The zero-order chi connectivity index (χ0) is 27.2. The summed E-state index contributed by atoms with van der Waals surface area (Å²) >= 11 is 0. The van der Waals surface area contributed by atoms with Gasteiger partial charge in [0.1, 0.15) is 18.0 Å². The summed E-state index contributed by atoms with van der Waals surface area (Å²) in [4.78, 5) is 13.0. The third kappa shape index (κ3) is 6.68. The predicted octanol–water partition coefficient (Wildman–Crippen LogP) is 4.74. The molecule has 0 unspecified atom stereocenters. The molecule has 37 heavy (non-hydrogen) atoms. The minimum atomic E-state index is -4.13. The van der Waals surface area contributed by atoms with E-state index < -0.39 is 22.5 Å². The van der Waals surface area contributed by atoms with E-state index in [9.17, 15) is 13.2 Å². The molecule has 0 aliphatic heterocycles. The summed E-state index contributed by atoms with van der Waals surface area (Å²) in [5.41, 5.74) is 5.29. The Morgan fingerprint density at radius 1 is 0.946 bits per heavy atom. The number of hydrogen-bond acceptors (Lipinski definition) is 6. The first-order valence-electron chi connectivity index (χ1n) is 11.7. The number of benzene rings is 3. The van der Waals surface area contributed by atoms with Crippen LogP contribution in [0.25, 0.3) is 0 Å². The molecule has 3 aromatic rings. The second kappa shape index (κ2) is 11.5. The van der Waals surface area contributed by atoms with Gasteiger partial charge in [0.05, 0.1) is 30.5 Å². The van der Waals surface area contributed by atoms with Crippen molar-refractivity contribution in [2.24, 2.45) is 5.10 Å². The van der Waals surface area contributed by atoms with Crippen LogP contribution in [-0.4, -0.2) is 40.8 Å². The summed E-state index contributed by atoms with van der Waals surface area (Å²) in [7, 11) is -1.23. The number of nitrogens with one attached hydrogen (secondary N) is 1. The Hall–Kier alpha value is -3.85. The molecule has 1 amide bonds. The van der Waals surface area contributed by atoms with E-state index in [0.29, 0.717) is 11.5 Å². The van der Waals surface area contributed by atoms with E-state index in [4.69, 9.17) is 9.47 Å². The molecular weight excluding hydrogens is 490 g/mol. The number of rotatable bonds is 9. The normalized spacial score (nSPS) is 12.1. The molecule has 0 aliphatic carbocycles. The highest BCUT2D eigenvalue weighted by atomic mass is 32.2. The third-order valence-corrected chi connectivity index (χ3v) is 7.56. The highest BCUT2D eigenvalue weighted by molar-refractivity contribution is 7.92. The number of methoxy groups -OCH3 is 2. The molecule has 0 bridgehead atoms. The van der Waals surface area contributed by atoms with E-state index >= 15 is 0 Å². The summed E-state index contributed by atoms with van der Waals surface area (Å²) in [6.45, 7) is 7.65. The van der Waals surface area contributed by atoms with Crippen LogP contribution >= 0.6 is 0 Å². The maximum atomic E-state index is 13.6. The van der Waals surface area contributed by atoms with Gasteiger partial charge in [0.25, 0.3) is 15.9 Å². The fourth-order valence-electron chi connectivity index (χ4n) is 3.60. The molecule has 0 aliphatic rings. The lowest BCUT2D eigenvalue weighted by Crippen LogP contribution is -2.40. The first-order chi connectivity index (χ1) is 17.5. The van der Waals surface area contributed by atoms with Gasteiger partial charge in [0.15, 0.2) is 0 Å². The number of carbonyl (C=O) groups excluding carboxylic acids is 1. The number of ether oxygens (including phenoxy) is 2. The minimum Gasteiger partial charge on any atom is -0.497 e. The standard InChI is InChI=1S/C28H33N3O5S/c1-20(21-12-14-22(15-13-21)28(2,3)4)29-30-27(32)19-31(37(33,34)24-10-8-7-9-11-24)25-18-23(35-5)16-17-26(25)36-6/h7-18H,19H2,1-6H3,(H,30,32)/b29-20-. The number of sulfonamides is 1. The molecule has 0 spiro atoms. The van der Waals surface area contributed by atoms with Gasteiger partial charge < -0.3 is 9.47 Å². The van der Waals surface area contributed by atoms with Crippen LogP contribution in [0, 0.1) is 0 Å². The monoisotopic (exact) mass is 523 g/mol. The van der Waals surface area contributed by atoms with Crippen LogP contribution in [0.15, 0.2) is 82.8 Å². The predicted molar refractivity (Wildman–Crippen MR) is 146 cm³/mol. The molecule has 0 fully saturated rings. The Bertz CT molecular complexity index is 1360. The highest BCUT2D eigenvalue weighted by Crippen LogP contribution is 2.35. The number of carbonyl (C=O) groups is 1. The van der Waals surface area contributed by atoms with Gasteiger partial charge in [-0.3, -0.25) is 9.10 Å². The quantitative estimate of drug-likeness (QED) is 0.323.